The number of carbonyl (C=O) groups is 2. The first-order chi connectivity index (χ1) is 9.28. The standard InChI is InChI=1S/C14H16BrClO4/c1-4-19-13(18)14(2,3)12(17)8-20-11-7-9(15)5-6-10(11)16/h5-7H,4,8H2,1-3H3. The zero-order chi connectivity index (χ0) is 15.3. The van der Waals surface area contributed by atoms with Crippen molar-refractivity contribution < 1.29 is 19.1 Å². The molecule has 6 heteroatoms. The number of halogens is 2. The Hall–Kier alpha value is -1.07. The van der Waals surface area contributed by atoms with Crippen LogP contribution in [0.3, 0.4) is 0 Å². The summed E-state index contributed by atoms with van der Waals surface area (Å²) in [6.45, 7) is 4.70. The molecule has 4 nitrogen and oxygen atoms in total. The van der Waals surface area contributed by atoms with E-state index in [4.69, 9.17) is 21.1 Å². The fourth-order valence-electron chi connectivity index (χ4n) is 1.34. The largest absolute Gasteiger partial charge is 0.484 e. The summed E-state index contributed by atoms with van der Waals surface area (Å²) in [5.74, 6) is -0.546. The minimum absolute atomic E-state index is 0.230. The predicted molar refractivity (Wildman–Crippen MR) is 80.1 cm³/mol. The lowest BCUT2D eigenvalue weighted by Gasteiger charge is -2.21. The summed E-state index contributed by atoms with van der Waals surface area (Å²) in [5.41, 5.74) is -1.24. The summed E-state index contributed by atoms with van der Waals surface area (Å²) < 4.78 is 11.0. The molecule has 0 atom stereocenters. The third kappa shape index (κ3) is 4.21. The van der Waals surface area contributed by atoms with Crippen molar-refractivity contribution in [1.29, 1.82) is 0 Å². The van der Waals surface area contributed by atoms with Gasteiger partial charge in [0.2, 0.25) is 0 Å². The predicted octanol–water partition coefficient (Wildman–Crippen LogP) is 3.64. The van der Waals surface area contributed by atoms with Crippen molar-refractivity contribution in [2.24, 2.45) is 5.41 Å². The Balaban J connectivity index is 2.71. The molecule has 1 rings (SSSR count). The Morgan fingerprint density at radius 2 is 2.00 bits per heavy atom. The molecular formula is C14H16BrClO4. The van der Waals surface area contributed by atoms with Crippen molar-refractivity contribution in [2.45, 2.75) is 20.8 Å². The number of esters is 1. The molecule has 0 aliphatic heterocycles. The van der Waals surface area contributed by atoms with Gasteiger partial charge in [-0.15, -0.1) is 0 Å². The van der Waals surface area contributed by atoms with Crippen LogP contribution in [-0.4, -0.2) is 25.0 Å². The van der Waals surface area contributed by atoms with E-state index < -0.39 is 11.4 Å². The molecule has 0 unspecified atom stereocenters. The van der Waals surface area contributed by atoms with Gasteiger partial charge in [-0.1, -0.05) is 27.5 Å². The summed E-state index contributed by atoms with van der Waals surface area (Å²) in [6.07, 6.45) is 0. The van der Waals surface area contributed by atoms with E-state index in [1.54, 1.807) is 25.1 Å². The van der Waals surface area contributed by atoms with Crippen LogP contribution in [0.5, 0.6) is 5.75 Å². The number of carbonyl (C=O) groups excluding carboxylic acids is 2. The number of Topliss-reactive ketones (excluding diaryl/α,β-unsaturated/α-hetero) is 1. The maximum absolute atomic E-state index is 12.1. The molecule has 0 heterocycles. The first-order valence-electron chi connectivity index (χ1n) is 6.07. The third-order valence-corrected chi connectivity index (χ3v) is 3.54. The van der Waals surface area contributed by atoms with Crippen LogP contribution in [0.4, 0.5) is 0 Å². The molecule has 0 aromatic heterocycles. The topological polar surface area (TPSA) is 52.6 Å². The van der Waals surface area contributed by atoms with Crippen LogP contribution in [0, 0.1) is 5.41 Å². The molecule has 1 aromatic rings. The SMILES string of the molecule is CCOC(=O)C(C)(C)C(=O)COc1cc(Br)ccc1Cl. The van der Waals surface area contributed by atoms with Crippen molar-refractivity contribution in [3.05, 3.63) is 27.7 Å². The summed E-state index contributed by atoms with van der Waals surface area (Å²) in [4.78, 5) is 23.8. The molecule has 0 bridgehead atoms. The maximum Gasteiger partial charge on any atom is 0.319 e. The second-order valence-electron chi connectivity index (χ2n) is 4.63. The van der Waals surface area contributed by atoms with Crippen LogP contribution in [0.2, 0.25) is 5.02 Å². The van der Waals surface area contributed by atoms with Crippen LogP contribution < -0.4 is 4.74 Å². The quantitative estimate of drug-likeness (QED) is 0.572. The van der Waals surface area contributed by atoms with Gasteiger partial charge in [-0.05, 0) is 39.0 Å². The van der Waals surface area contributed by atoms with Crippen LogP contribution in [0.15, 0.2) is 22.7 Å². The molecule has 0 spiro atoms. The van der Waals surface area contributed by atoms with E-state index in [2.05, 4.69) is 15.9 Å². The third-order valence-electron chi connectivity index (χ3n) is 2.73. The molecule has 0 N–H and O–H groups in total. The lowest BCUT2D eigenvalue weighted by atomic mass is 9.88. The highest BCUT2D eigenvalue weighted by Gasteiger charge is 2.37. The number of benzene rings is 1. The van der Waals surface area contributed by atoms with E-state index in [9.17, 15) is 9.59 Å². The summed E-state index contributed by atoms with van der Waals surface area (Å²) in [6, 6.07) is 5.08. The number of ketones is 1. The maximum atomic E-state index is 12.1. The minimum Gasteiger partial charge on any atom is -0.484 e. The number of hydrogen-bond donors (Lipinski definition) is 0. The zero-order valence-corrected chi connectivity index (χ0v) is 13.9. The molecule has 110 valence electrons. The normalized spacial score (nSPS) is 11.1. The van der Waals surface area contributed by atoms with Gasteiger partial charge in [0.15, 0.2) is 5.78 Å². The van der Waals surface area contributed by atoms with Crippen LogP contribution in [0.1, 0.15) is 20.8 Å². The van der Waals surface area contributed by atoms with Gasteiger partial charge in [-0.25, -0.2) is 0 Å². The molecule has 1 aromatic carbocycles. The van der Waals surface area contributed by atoms with Crippen molar-refractivity contribution in [3.63, 3.8) is 0 Å². The molecule has 0 aliphatic carbocycles. The highest BCUT2D eigenvalue weighted by atomic mass is 79.9. The Morgan fingerprint density at radius 3 is 2.60 bits per heavy atom. The van der Waals surface area contributed by atoms with Gasteiger partial charge in [0.1, 0.15) is 17.8 Å². The van der Waals surface area contributed by atoms with Gasteiger partial charge >= 0.3 is 5.97 Å². The summed E-state index contributed by atoms with van der Waals surface area (Å²) >= 11 is 9.25. The van der Waals surface area contributed by atoms with Gasteiger partial charge in [-0.3, -0.25) is 9.59 Å². The van der Waals surface area contributed by atoms with E-state index >= 15 is 0 Å². The molecular weight excluding hydrogens is 348 g/mol. The van der Waals surface area contributed by atoms with E-state index in [0.29, 0.717) is 10.8 Å². The van der Waals surface area contributed by atoms with Crippen LogP contribution in [0.25, 0.3) is 0 Å². The number of hydrogen-bond acceptors (Lipinski definition) is 4. The van der Waals surface area contributed by atoms with Crippen LogP contribution in [-0.2, 0) is 14.3 Å². The average molecular weight is 364 g/mol. The second kappa shape index (κ2) is 7.09. The second-order valence-corrected chi connectivity index (χ2v) is 5.95. The molecule has 0 radical (unpaired) electrons. The fourth-order valence-corrected chi connectivity index (χ4v) is 1.85. The monoisotopic (exact) mass is 362 g/mol. The molecule has 20 heavy (non-hydrogen) atoms. The van der Waals surface area contributed by atoms with Crippen molar-refractivity contribution in [1.82, 2.24) is 0 Å². The van der Waals surface area contributed by atoms with Gasteiger partial charge < -0.3 is 9.47 Å². The van der Waals surface area contributed by atoms with Gasteiger partial charge in [0, 0.05) is 4.47 Å². The smallest absolute Gasteiger partial charge is 0.319 e. The Labute approximate surface area is 131 Å². The summed E-state index contributed by atoms with van der Waals surface area (Å²) in [5, 5.41) is 0.398. The lowest BCUT2D eigenvalue weighted by Crippen LogP contribution is -2.38. The van der Waals surface area contributed by atoms with Gasteiger partial charge in [0.25, 0.3) is 0 Å². The lowest BCUT2D eigenvalue weighted by molar-refractivity contribution is -0.158. The molecule has 0 fully saturated rings. The van der Waals surface area contributed by atoms with Gasteiger partial charge in [-0.2, -0.15) is 0 Å². The zero-order valence-electron chi connectivity index (χ0n) is 11.5. The van der Waals surface area contributed by atoms with E-state index in [1.807, 2.05) is 0 Å². The highest BCUT2D eigenvalue weighted by Crippen LogP contribution is 2.28. The Kier molecular flexibility index (Phi) is 6.02. The minimum atomic E-state index is -1.24. The van der Waals surface area contributed by atoms with Crippen molar-refractivity contribution in [2.75, 3.05) is 13.2 Å². The molecule has 0 saturated heterocycles. The Bertz CT molecular complexity index is 514. The van der Waals surface area contributed by atoms with Crippen LogP contribution >= 0.6 is 27.5 Å². The highest BCUT2D eigenvalue weighted by molar-refractivity contribution is 9.10. The summed E-state index contributed by atoms with van der Waals surface area (Å²) in [7, 11) is 0. The average Bonchev–Trinajstić information content (AvgIpc) is 2.39. The van der Waals surface area contributed by atoms with Crippen molar-refractivity contribution in [3.8, 4) is 5.75 Å². The molecule has 0 amide bonds. The van der Waals surface area contributed by atoms with Crippen molar-refractivity contribution >= 4 is 39.3 Å². The molecule has 0 aliphatic rings. The van der Waals surface area contributed by atoms with Gasteiger partial charge in [0.05, 0.1) is 11.6 Å². The first-order valence-corrected chi connectivity index (χ1v) is 7.24. The van der Waals surface area contributed by atoms with E-state index in [0.717, 1.165) is 4.47 Å². The first kappa shape index (κ1) is 17.0. The fraction of sp³-hybridized carbons (Fsp3) is 0.429. The number of ether oxygens (including phenoxy) is 2. The molecule has 0 saturated carbocycles. The van der Waals surface area contributed by atoms with E-state index in [1.165, 1.54) is 13.8 Å². The van der Waals surface area contributed by atoms with E-state index in [-0.39, 0.29) is 19.0 Å². The number of rotatable bonds is 6. The Morgan fingerprint density at radius 1 is 1.35 bits per heavy atom.